The van der Waals surface area contributed by atoms with Gasteiger partial charge in [0, 0.05) is 31.6 Å². The first-order valence-electron chi connectivity index (χ1n) is 11.9. The number of anilines is 1. The Morgan fingerprint density at radius 2 is 2.00 bits per heavy atom. The van der Waals surface area contributed by atoms with Gasteiger partial charge in [0.15, 0.2) is 0 Å². The fourth-order valence-corrected chi connectivity index (χ4v) is 5.41. The van der Waals surface area contributed by atoms with Gasteiger partial charge in [0.05, 0.1) is 23.2 Å². The maximum atomic E-state index is 12.9. The van der Waals surface area contributed by atoms with Gasteiger partial charge < -0.3 is 20.9 Å². The van der Waals surface area contributed by atoms with E-state index in [1.807, 2.05) is 12.3 Å². The van der Waals surface area contributed by atoms with Crippen molar-refractivity contribution in [2.24, 2.45) is 0 Å². The molecule has 10 nitrogen and oxygen atoms in total. The summed E-state index contributed by atoms with van der Waals surface area (Å²) in [4.78, 5) is 49.3. The quantitative estimate of drug-likeness (QED) is 0.430. The number of nitrogens with zero attached hydrogens (tertiary/aromatic N) is 4. The summed E-state index contributed by atoms with van der Waals surface area (Å²) in [6.07, 6.45) is 2.49. The number of carbonyl (C=O) groups is 2. The van der Waals surface area contributed by atoms with Crippen LogP contribution in [0.5, 0.6) is 0 Å². The highest BCUT2D eigenvalue weighted by Gasteiger charge is 2.24. The zero-order valence-corrected chi connectivity index (χ0v) is 21.1. The van der Waals surface area contributed by atoms with Crippen LogP contribution in [0.25, 0.3) is 22.4 Å². The van der Waals surface area contributed by atoms with E-state index < -0.39 is 11.3 Å². The van der Waals surface area contributed by atoms with Crippen molar-refractivity contribution in [3.8, 4) is 11.4 Å². The van der Waals surface area contributed by atoms with Gasteiger partial charge >= 0.3 is 0 Å². The molecule has 0 aromatic carbocycles. The van der Waals surface area contributed by atoms with Crippen molar-refractivity contribution in [3.63, 3.8) is 0 Å². The average Bonchev–Trinajstić information content (AvgIpc) is 3.52. The number of amides is 2. The molecule has 1 aliphatic heterocycles. The van der Waals surface area contributed by atoms with Crippen LogP contribution >= 0.6 is 11.3 Å². The van der Waals surface area contributed by atoms with Crippen molar-refractivity contribution in [1.82, 2.24) is 30.1 Å². The number of aromatic nitrogens is 3. The van der Waals surface area contributed by atoms with Crippen LogP contribution in [0.4, 0.5) is 5.82 Å². The number of fused-ring (bicyclic) bond motifs is 1. The van der Waals surface area contributed by atoms with Crippen LogP contribution < -0.4 is 21.8 Å². The zero-order chi connectivity index (χ0) is 25.1. The molecule has 2 amide bonds. The van der Waals surface area contributed by atoms with Crippen molar-refractivity contribution in [3.05, 3.63) is 38.3 Å². The minimum Gasteiger partial charge on any atom is -0.384 e. The first kappa shape index (κ1) is 24.8. The van der Waals surface area contributed by atoms with Gasteiger partial charge in [-0.1, -0.05) is 6.92 Å². The van der Waals surface area contributed by atoms with Crippen LogP contribution in [0.3, 0.4) is 0 Å². The summed E-state index contributed by atoms with van der Waals surface area (Å²) in [6, 6.07) is 3.75. The molecule has 0 radical (unpaired) electrons. The number of carbonyl (C=O) groups excluding carboxylic acids is 2. The molecule has 3 aromatic heterocycles. The number of nitrogen functional groups attached to an aromatic ring is 1. The summed E-state index contributed by atoms with van der Waals surface area (Å²) in [6.45, 7) is 7.20. The molecular formula is C24H31N7O3S. The molecule has 1 atom stereocenters. The highest BCUT2D eigenvalue weighted by molar-refractivity contribution is 7.10. The van der Waals surface area contributed by atoms with Gasteiger partial charge in [-0.3, -0.25) is 19.3 Å². The number of hydrogen-bond donors (Lipinski definition) is 3. The summed E-state index contributed by atoms with van der Waals surface area (Å²) in [5.74, 6) is -0.499. The Hall–Kier alpha value is -3.31. The maximum Gasteiger partial charge on any atom is 0.258 e. The topological polar surface area (TPSA) is 135 Å². The summed E-state index contributed by atoms with van der Waals surface area (Å²) in [5, 5.41) is 8.37. The molecular weight excluding hydrogens is 466 g/mol. The Morgan fingerprint density at radius 1 is 1.20 bits per heavy atom. The predicted octanol–water partition coefficient (Wildman–Crippen LogP) is 1.62. The lowest BCUT2D eigenvalue weighted by atomic mass is 10.1. The standard InChI is InChI=1S/C24H31N7O3S/c1-4-30-10-6-7-14(30)12-27-18(32)11-19-28-17(13-35-19)16-9-8-15-21(33)20(24(34)26-3)22(25)31(5-2)23(15)29-16/h8-9,13-14H,4-7,10-12,25H2,1-3H3,(H,26,34)(H,27,32)/t14-/m1/s1. The molecule has 0 unspecified atom stereocenters. The Balaban J connectivity index is 1.54. The van der Waals surface area contributed by atoms with E-state index in [0.29, 0.717) is 46.6 Å². The van der Waals surface area contributed by atoms with Gasteiger partial charge in [-0.25, -0.2) is 9.97 Å². The average molecular weight is 498 g/mol. The van der Waals surface area contributed by atoms with E-state index in [2.05, 4.69) is 32.4 Å². The molecule has 0 aliphatic carbocycles. The fraction of sp³-hybridized carbons (Fsp3) is 0.458. The van der Waals surface area contributed by atoms with Gasteiger partial charge in [-0.15, -0.1) is 11.3 Å². The van der Waals surface area contributed by atoms with E-state index in [4.69, 9.17) is 5.73 Å². The van der Waals surface area contributed by atoms with Crippen LogP contribution in [0.15, 0.2) is 22.3 Å². The molecule has 11 heteroatoms. The molecule has 0 spiro atoms. The zero-order valence-electron chi connectivity index (χ0n) is 20.3. The molecule has 186 valence electrons. The number of likely N-dealkylation sites (tertiary alicyclic amines) is 1. The number of nitrogens with two attached hydrogens (primary N) is 1. The van der Waals surface area contributed by atoms with Crippen molar-refractivity contribution in [1.29, 1.82) is 0 Å². The summed E-state index contributed by atoms with van der Waals surface area (Å²) in [5.41, 5.74) is 7.22. The predicted molar refractivity (Wildman–Crippen MR) is 138 cm³/mol. The first-order valence-corrected chi connectivity index (χ1v) is 12.8. The van der Waals surface area contributed by atoms with E-state index in [-0.39, 0.29) is 23.7 Å². The lowest BCUT2D eigenvalue weighted by Gasteiger charge is -2.22. The Labute approximate surface area is 207 Å². The third kappa shape index (κ3) is 4.92. The third-order valence-corrected chi connectivity index (χ3v) is 7.33. The lowest BCUT2D eigenvalue weighted by Crippen LogP contribution is -2.40. The Morgan fingerprint density at radius 3 is 2.71 bits per heavy atom. The van der Waals surface area contributed by atoms with Crippen molar-refractivity contribution < 1.29 is 9.59 Å². The third-order valence-electron chi connectivity index (χ3n) is 6.49. The second-order valence-corrected chi connectivity index (χ2v) is 9.46. The number of pyridine rings is 2. The number of nitrogens with one attached hydrogen (secondary N) is 2. The van der Waals surface area contributed by atoms with E-state index in [9.17, 15) is 14.4 Å². The molecule has 3 aromatic rings. The number of aryl methyl sites for hydroxylation is 1. The monoisotopic (exact) mass is 497 g/mol. The lowest BCUT2D eigenvalue weighted by molar-refractivity contribution is -0.120. The van der Waals surface area contributed by atoms with Crippen molar-refractivity contribution >= 4 is 40.0 Å². The molecule has 4 heterocycles. The van der Waals surface area contributed by atoms with Crippen molar-refractivity contribution in [2.75, 3.05) is 32.4 Å². The molecule has 0 saturated carbocycles. The maximum absolute atomic E-state index is 12.9. The Bertz CT molecular complexity index is 1320. The fourth-order valence-electron chi connectivity index (χ4n) is 4.62. The molecule has 4 N–H and O–H groups in total. The summed E-state index contributed by atoms with van der Waals surface area (Å²) >= 11 is 1.40. The summed E-state index contributed by atoms with van der Waals surface area (Å²) < 4.78 is 1.65. The molecule has 1 fully saturated rings. The van der Waals surface area contributed by atoms with E-state index >= 15 is 0 Å². The minimum absolute atomic E-state index is 0.0466. The van der Waals surface area contributed by atoms with Crippen LogP contribution in [-0.4, -0.2) is 64.0 Å². The number of thiazole rings is 1. The summed E-state index contributed by atoms with van der Waals surface area (Å²) in [7, 11) is 1.46. The molecule has 1 aliphatic rings. The second-order valence-electron chi connectivity index (χ2n) is 8.51. The number of likely N-dealkylation sites (N-methyl/N-ethyl adjacent to an activating group) is 1. The number of hydrogen-bond acceptors (Lipinski definition) is 8. The normalized spacial score (nSPS) is 16.0. The minimum atomic E-state index is -0.529. The van der Waals surface area contributed by atoms with Crippen LogP contribution in [0.2, 0.25) is 0 Å². The van der Waals surface area contributed by atoms with Crippen LogP contribution in [0, 0.1) is 0 Å². The molecule has 35 heavy (non-hydrogen) atoms. The van der Waals surface area contributed by atoms with E-state index in [1.54, 1.807) is 16.7 Å². The first-order chi connectivity index (χ1) is 16.9. The van der Waals surface area contributed by atoms with Crippen LogP contribution in [-0.2, 0) is 17.8 Å². The van der Waals surface area contributed by atoms with Gasteiger partial charge in [0.25, 0.3) is 5.91 Å². The highest BCUT2D eigenvalue weighted by Crippen LogP contribution is 2.24. The van der Waals surface area contributed by atoms with Gasteiger partial charge in [0.1, 0.15) is 22.0 Å². The van der Waals surface area contributed by atoms with Gasteiger partial charge in [0.2, 0.25) is 11.3 Å². The second kappa shape index (κ2) is 10.5. The van der Waals surface area contributed by atoms with Gasteiger partial charge in [-0.2, -0.15) is 0 Å². The smallest absolute Gasteiger partial charge is 0.258 e. The largest absolute Gasteiger partial charge is 0.384 e. The number of rotatable bonds is 8. The SMILES string of the molecule is CCN1CCC[C@@H]1CNC(=O)Cc1nc(-c2ccc3c(=O)c(C(=O)NC)c(N)n(CC)c3n2)cs1. The van der Waals surface area contributed by atoms with Crippen molar-refractivity contribution in [2.45, 2.75) is 45.7 Å². The van der Waals surface area contributed by atoms with E-state index in [0.717, 1.165) is 19.5 Å². The highest BCUT2D eigenvalue weighted by atomic mass is 32.1. The van der Waals surface area contributed by atoms with Gasteiger partial charge in [-0.05, 0) is 45.0 Å². The molecule has 4 rings (SSSR count). The Kier molecular flexibility index (Phi) is 7.46. The van der Waals surface area contributed by atoms with E-state index in [1.165, 1.54) is 24.8 Å². The molecule has 1 saturated heterocycles. The van der Waals surface area contributed by atoms with Crippen LogP contribution in [0.1, 0.15) is 42.1 Å². The molecule has 0 bridgehead atoms.